The number of allylic oxidation sites excluding steroid dienone is 5. The minimum Gasteiger partial charge on any atom is -0.206 e. The fourth-order valence-electron chi connectivity index (χ4n) is 1.17. The molecule has 0 aliphatic rings. The number of hydrazine groups is 1. The van der Waals surface area contributed by atoms with Gasteiger partial charge in [-0.1, -0.05) is 50.8 Å². The molecule has 0 aliphatic heterocycles. The molecule has 0 aromatic heterocycles. The zero-order chi connectivity index (χ0) is 16.1. The Kier molecular flexibility index (Phi) is 10.7. The number of hydrogen-bond acceptors (Lipinski definition) is 5. The van der Waals surface area contributed by atoms with Crippen LogP contribution in [0.2, 0.25) is 0 Å². The SMILES string of the molecule is C=C/C(=C\C=C/C(C)NONNS(=O)(=O)/C=C/CC)CC. The third kappa shape index (κ3) is 11.1. The molecule has 0 bridgehead atoms. The molecule has 7 heteroatoms. The minimum atomic E-state index is -3.52. The van der Waals surface area contributed by atoms with Crippen LogP contribution in [0, 0.1) is 0 Å². The molecule has 0 rings (SSSR count). The quantitative estimate of drug-likeness (QED) is 0.309. The van der Waals surface area contributed by atoms with E-state index in [0.717, 1.165) is 17.4 Å². The van der Waals surface area contributed by atoms with Crippen LogP contribution in [0.15, 0.2) is 47.9 Å². The van der Waals surface area contributed by atoms with E-state index in [1.807, 2.05) is 36.9 Å². The molecule has 0 aliphatic carbocycles. The standard InChI is InChI=1S/C14H25N3O3S/c1-5-8-12-21(18,19)17-16-20-15-13(4)10-9-11-14(6-2)7-3/h6,8-13,15-17H,2,5,7H2,1,3-4H3/b10-9-,12-8+,14-11+. The van der Waals surface area contributed by atoms with Crippen LogP contribution in [0.4, 0.5) is 0 Å². The van der Waals surface area contributed by atoms with E-state index in [2.05, 4.69) is 24.6 Å². The molecule has 6 nitrogen and oxygen atoms in total. The monoisotopic (exact) mass is 315 g/mol. The van der Waals surface area contributed by atoms with Crippen molar-refractivity contribution >= 4 is 10.0 Å². The van der Waals surface area contributed by atoms with Gasteiger partial charge in [-0.25, -0.2) is 8.42 Å². The molecule has 0 spiro atoms. The first-order valence-corrected chi connectivity index (χ1v) is 8.34. The molecule has 3 N–H and O–H groups in total. The van der Waals surface area contributed by atoms with Crippen molar-refractivity contribution in [1.82, 2.24) is 15.9 Å². The lowest BCUT2D eigenvalue weighted by molar-refractivity contribution is -0.0568. The van der Waals surface area contributed by atoms with Crippen molar-refractivity contribution in [2.45, 2.75) is 39.7 Å². The molecular weight excluding hydrogens is 290 g/mol. The Hall–Kier alpha value is -1.25. The van der Waals surface area contributed by atoms with Crippen molar-refractivity contribution in [2.24, 2.45) is 0 Å². The van der Waals surface area contributed by atoms with Crippen molar-refractivity contribution in [1.29, 1.82) is 0 Å². The Bertz CT molecular complexity index is 482. The average Bonchev–Trinajstić information content (AvgIpc) is 2.46. The lowest BCUT2D eigenvalue weighted by Gasteiger charge is -2.10. The molecule has 0 aromatic rings. The Labute approximate surface area is 127 Å². The van der Waals surface area contributed by atoms with Crippen LogP contribution in [0.5, 0.6) is 0 Å². The molecule has 0 aromatic carbocycles. The topological polar surface area (TPSA) is 79.5 Å². The van der Waals surface area contributed by atoms with Gasteiger partial charge in [0.15, 0.2) is 0 Å². The smallest absolute Gasteiger partial charge is 0.206 e. The van der Waals surface area contributed by atoms with Gasteiger partial charge in [0.1, 0.15) is 0 Å². The van der Waals surface area contributed by atoms with Gasteiger partial charge >= 0.3 is 0 Å². The zero-order valence-electron chi connectivity index (χ0n) is 12.8. The zero-order valence-corrected chi connectivity index (χ0v) is 13.6. The van der Waals surface area contributed by atoms with E-state index < -0.39 is 10.0 Å². The maximum atomic E-state index is 11.3. The molecule has 1 unspecified atom stereocenters. The third-order valence-electron chi connectivity index (χ3n) is 2.37. The van der Waals surface area contributed by atoms with Crippen LogP contribution in [-0.4, -0.2) is 14.5 Å². The fourth-order valence-corrected chi connectivity index (χ4v) is 1.85. The molecule has 21 heavy (non-hydrogen) atoms. The summed E-state index contributed by atoms with van der Waals surface area (Å²) in [7, 11) is -3.52. The second kappa shape index (κ2) is 11.4. The van der Waals surface area contributed by atoms with Gasteiger partial charge in [0.2, 0.25) is 10.0 Å². The van der Waals surface area contributed by atoms with E-state index in [1.54, 1.807) is 6.08 Å². The largest absolute Gasteiger partial charge is 0.247 e. The molecule has 0 saturated carbocycles. The summed E-state index contributed by atoms with van der Waals surface area (Å²) in [5.41, 5.74) is 5.87. The highest BCUT2D eigenvalue weighted by molar-refractivity contribution is 7.92. The van der Waals surface area contributed by atoms with Crippen molar-refractivity contribution < 1.29 is 13.4 Å². The molecule has 0 heterocycles. The van der Waals surface area contributed by atoms with Crippen LogP contribution < -0.4 is 15.9 Å². The van der Waals surface area contributed by atoms with Gasteiger partial charge in [0.05, 0.1) is 0 Å². The Morgan fingerprint density at radius 3 is 2.67 bits per heavy atom. The Morgan fingerprint density at radius 2 is 2.10 bits per heavy atom. The Morgan fingerprint density at radius 1 is 1.38 bits per heavy atom. The summed E-state index contributed by atoms with van der Waals surface area (Å²) in [6, 6.07) is -0.104. The summed E-state index contributed by atoms with van der Waals surface area (Å²) in [5.74, 6) is 0. The second-order valence-corrected chi connectivity index (χ2v) is 5.79. The predicted octanol–water partition coefficient (Wildman–Crippen LogP) is 2.24. The van der Waals surface area contributed by atoms with Gasteiger partial charge in [0, 0.05) is 11.4 Å². The second-order valence-electron chi connectivity index (χ2n) is 4.22. The van der Waals surface area contributed by atoms with Crippen molar-refractivity contribution in [3.05, 3.63) is 47.9 Å². The molecule has 1 atom stereocenters. The van der Waals surface area contributed by atoms with Crippen LogP contribution in [0.1, 0.15) is 33.6 Å². The van der Waals surface area contributed by atoms with Crippen molar-refractivity contribution in [3.8, 4) is 0 Å². The summed E-state index contributed by atoms with van der Waals surface area (Å²) in [4.78, 5) is 6.85. The van der Waals surface area contributed by atoms with Crippen LogP contribution in [0.3, 0.4) is 0 Å². The van der Waals surface area contributed by atoms with Crippen LogP contribution in [-0.2, 0) is 15.0 Å². The Balaban J connectivity index is 4.03. The summed E-state index contributed by atoms with van der Waals surface area (Å²) >= 11 is 0. The van der Waals surface area contributed by atoms with Crippen LogP contribution >= 0.6 is 0 Å². The van der Waals surface area contributed by atoms with E-state index in [-0.39, 0.29) is 6.04 Å². The first-order chi connectivity index (χ1) is 9.95. The summed E-state index contributed by atoms with van der Waals surface area (Å²) in [6.45, 7) is 9.46. The van der Waals surface area contributed by atoms with E-state index in [4.69, 9.17) is 4.94 Å². The van der Waals surface area contributed by atoms with Gasteiger partial charge in [-0.3, -0.25) is 0 Å². The maximum Gasteiger partial charge on any atom is 0.247 e. The summed E-state index contributed by atoms with van der Waals surface area (Å²) in [5, 5.41) is 1.07. The first kappa shape index (κ1) is 19.8. The average molecular weight is 315 g/mol. The van der Waals surface area contributed by atoms with Gasteiger partial charge in [-0.15, -0.1) is 10.4 Å². The molecule has 0 amide bonds. The van der Waals surface area contributed by atoms with Crippen molar-refractivity contribution in [3.63, 3.8) is 0 Å². The lowest BCUT2D eigenvalue weighted by atomic mass is 10.2. The lowest BCUT2D eigenvalue weighted by Crippen LogP contribution is -2.42. The number of hydrogen-bond donors (Lipinski definition) is 3. The fraction of sp³-hybridized carbons (Fsp3) is 0.429. The minimum absolute atomic E-state index is 0.104. The molecule has 0 saturated heterocycles. The summed E-state index contributed by atoms with van der Waals surface area (Å²) < 4.78 is 22.7. The molecule has 120 valence electrons. The number of rotatable bonds is 11. The van der Waals surface area contributed by atoms with Gasteiger partial charge in [-0.2, -0.15) is 10.4 Å². The highest BCUT2D eigenvalue weighted by atomic mass is 32.2. The van der Waals surface area contributed by atoms with E-state index >= 15 is 0 Å². The normalized spacial score (nSPS) is 14.9. The molecule has 0 fully saturated rings. The third-order valence-corrected chi connectivity index (χ3v) is 3.29. The highest BCUT2D eigenvalue weighted by Gasteiger charge is 2.03. The number of hydroxylamine groups is 1. The van der Waals surface area contributed by atoms with Gasteiger partial charge in [-0.05, 0) is 25.3 Å². The molecular formula is C14H25N3O3S. The van der Waals surface area contributed by atoms with Gasteiger partial charge < -0.3 is 0 Å². The molecule has 0 radical (unpaired) electrons. The predicted molar refractivity (Wildman–Crippen MR) is 86.0 cm³/mol. The first-order valence-electron chi connectivity index (χ1n) is 6.79. The number of nitrogens with one attached hydrogen (secondary N) is 3. The number of sulfonamides is 1. The highest BCUT2D eigenvalue weighted by Crippen LogP contribution is 2.01. The van der Waals surface area contributed by atoms with Crippen molar-refractivity contribution in [2.75, 3.05) is 0 Å². The maximum absolute atomic E-state index is 11.3. The van der Waals surface area contributed by atoms with Gasteiger partial charge in [0.25, 0.3) is 0 Å². The summed E-state index contributed by atoms with van der Waals surface area (Å²) in [6.07, 6.45) is 10.6. The van der Waals surface area contributed by atoms with E-state index in [0.29, 0.717) is 6.42 Å². The van der Waals surface area contributed by atoms with E-state index in [9.17, 15) is 8.42 Å². The van der Waals surface area contributed by atoms with Crippen LogP contribution in [0.25, 0.3) is 0 Å². The van der Waals surface area contributed by atoms with E-state index in [1.165, 1.54) is 6.08 Å².